The molecule has 1 aromatic heterocycles. The van der Waals surface area contributed by atoms with Crippen LogP contribution in [-0.2, 0) is 0 Å². The van der Waals surface area contributed by atoms with Crippen molar-refractivity contribution in [2.75, 3.05) is 7.11 Å². The van der Waals surface area contributed by atoms with E-state index in [1.54, 1.807) is 7.11 Å². The van der Waals surface area contributed by atoms with Gasteiger partial charge in [0.1, 0.15) is 5.75 Å². The van der Waals surface area contributed by atoms with Gasteiger partial charge in [-0.15, -0.1) is 0 Å². The van der Waals surface area contributed by atoms with Gasteiger partial charge in [-0.05, 0) is 40.4 Å². The summed E-state index contributed by atoms with van der Waals surface area (Å²) >= 11 is 0. The Hall–Kier alpha value is -3.00. The number of hydrogen-bond donors (Lipinski definition) is 1. The number of ether oxygens (including phenoxy) is 1. The van der Waals surface area contributed by atoms with E-state index in [-0.39, 0.29) is 0 Å². The molecule has 0 aliphatic rings. The van der Waals surface area contributed by atoms with Gasteiger partial charge >= 0.3 is 0 Å². The largest absolute Gasteiger partial charge is 0.497 e. The maximum atomic E-state index is 5.44. The molecule has 0 aliphatic carbocycles. The summed E-state index contributed by atoms with van der Waals surface area (Å²) in [4.78, 5) is 3.61. The van der Waals surface area contributed by atoms with Crippen molar-refractivity contribution in [3.63, 3.8) is 0 Å². The maximum Gasteiger partial charge on any atom is 0.119 e. The van der Waals surface area contributed by atoms with Crippen LogP contribution in [0.3, 0.4) is 0 Å². The van der Waals surface area contributed by atoms with E-state index in [1.807, 2.05) is 6.07 Å². The standard InChI is InChI=1S/C21H15NO/c1-23-13-10-11-15-14-6-2-3-7-16(14)20-17-8-4-5-9-19(17)22-21(20)18(15)12-13/h2-12,22H,1H3. The second-order valence-electron chi connectivity index (χ2n) is 5.88. The minimum absolute atomic E-state index is 0.882. The summed E-state index contributed by atoms with van der Waals surface area (Å²) in [6.45, 7) is 0. The van der Waals surface area contributed by atoms with Crippen LogP contribution in [0.2, 0.25) is 0 Å². The number of para-hydroxylation sites is 1. The van der Waals surface area contributed by atoms with E-state index in [0.717, 1.165) is 5.75 Å². The molecule has 2 heteroatoms. The molecule has 0 aliphatic heterocycles. The lowest BCUT2D eigenvalue weighted by Crippen LogP contribution is -1.85. The number of fused-ring (bicyclic) bond motifs is 8. The Morgan fingerprint density at radius 1 is 0.696 bits per heavy atom. The summed E-state index contributed by atoms with van der Waals surface area (Å²) in [6, 6.07) is 23.4. The van der Waals surface area contributed by atoms with Crippen molar-refractivity contribution in [1.29, 1.82) is 0 Å². The van der Waals surface area contributed by atoms with Crippen molar-refractivity contribution in [3.8, 4) is 5.75 Å². The van der Waals surface area contributed by atoms with E-state index in [9.17, 15) is 0 Å². The lowest BCUT2D eigenvalue weighted by Gasteiger charge is -2.09. The maximum absolute atomic E-state index is 5.44. The Labute approximate surface area is 133 Å². The Kier molecular flexibility index (Phi) is 2.45. The van der Waals surface area contributed by atoms with Crippen LogP contribution < -0.4 is 4.74 Å². The van der Waals surface area contributed by atoms with Crippen LogP contribution in [-0.4, -0.2) is 12.1 Å². The van der Waals surface area contributed by atoms with Crippen LogP contribution in [0.5, 0.6) is 5.75 Å². The second-order valence-corrected chi connectivity index (χ2v) is 5.88. The summed E-state index contributed by atoms with van der Waals surface area (Å²) in [5, 5.41) is 7.58. The van der Waals surface area contributed by atoms with Crippen LogP contribution in [0.15, 0.2) is 66.7 Å². The normalized spacial score (nSPS) is 11.7. The summed E-state index contributed by atoms with van der Waals surface area (Å²) < 4.78 is 5.44. The van der Waals surface area contributed by atoms with Crippen molar-refractivity contribution in [2.24, 2.45) is 0 Å². The van der Waals surface area contributed by atoms with Gasteiger partial charge in [0, 0.05) is 21.7 Å². The molecule has 0 saturated heterocycles. The van der Waals surface area contributed by atoms with Crippen LogP contribution >= 0.6 is 0 Å². The highest BCUT2D eigenvalue weighted by Crippen LogP contribution is 2.39. The Morgan fingerprint density at radius 2 is 1.39 bits per heavy atom. The van der Waals surface area contributed by atoms with Crippen molar-refractivity contribution in [3.05, 3.63) is 66.7 Å². The van der Waals surface area contributed by atoms with Crippen LogP contribution in [0, 0.1) is 0 Å². The molecule has 5 aromatic rings. The molecule has 0 amide bonds. The minimum atomic E-state index is 0.882. The predicted octanol–water partition coefficient (Wildman–Crippen LogP) is 5.64. The lowest BCUT2D eigenvalue weighted by atomic mass is 9.97. The highest BCUT2D eigenvalue weighted by atomic mass is 16.5. The fraction of sp³-hybridized carbons (Fsp3) is 0.0476. The number of methoxy groups -OCH3 is 1. The first-order valence-electron chi connectivity index (χ1n) is 7.76. The highest BCUT2D eigenvalue weighted by molar-refractivity contribution is 6.31. The average Bonchev–Trinajstić information content (AvgIpc) is 3.01. The molecule has 1 heterocycles. The molecule has 2 nitrogen and oxygen atoms in total. The van der Waals surface area contributed by atoms with E-state index in [0.29, 0.717) is 0 Å². The molecule has 0 radical (unpaired) electrons. The van der Waals surface area contributed by atoms with Crippen LogP contribution in [0.4, 0.5) is 0 Å². The second kappa shape index (κ2) is 4.50. The SMILES string of the molecule is COc1ccc2c3ccccc3c3c4ccccc4[nH]c3c2c1. The molecule has 0 spiro atoms. The van der Waals surface area contributed by atoms with E-state index < -0.39 is 0 Å². The van der Waals surface area contributed by atoms with Crippen molar-refractivity contribution < 1.29 is 4.74 Å². The number of aromatic amines is 1. The highest BCUT2D eigenvalue weighted by Gasteiger charge is 2.13. The topological polar surface area (TPSA) is 25.0 Å². The van der Waals surface area contributed by atoms with Gasteiger partial charge in [-0.1, -0.05) is 42.5 Å². The molecule has 110 valence electrons. The molecule has 0 bridgehead atoms. The molecule has 0 saturated carbocycles. The van der Waals surface area contributed by atoms with Gasteiger partial charge in [0.2, 0.25) is 0 Å². The zero-order valence-electron chi connectivity index (χ0n) is 12.8. The summed E-state index contributed by atoms with van der Waals surface area (Å²) in [7, 11) is 1.71. The van der Waals surface area contributed by atoms with Crippen LogP contribution in [0.1, 0.15) is 0 Å². The van der Waals surface area contributed by atoms with E-state index in [4.69, 9.17) is 4.74 Å². The first-order chi connectivity index (χ1) is 11.4. The fourth-order valence-electron chi connectivity index (χ4n) is 3.65. The van der Waals surface area contributed by atoms with Gasteiger partial charge in [-0.2, -0.15) is 0 Å². The zero-order chi connectivity index (χ0) is 15.4. The Balaban J connectivity index is 2.17. The molecule has 0 unspecified atom stereocenters. The third-order valence-corrected chi connectivity index (χ3v) is 4.69. The fourth-order valence-corrected chi connectivity index (χ4v) is 3.65. The Bertz CT molecular complexity index is 1200. The summed E-state index contributed by atoms with van der Waals surface area (Å²) in [5.41, 5.74) is 2.35. The molecular weight excluding hydrogens is 282 g/mol. The van der Waals surface area contributed by atoms with Gasteiger partial charge in [-0.25, -0.2) is 0 Å². The van der Waals surface area contributed by atoms with Crippen molar-refractivity contribution in [2.45, 2.75) is 0 Å². The van der Waals surface area contributed by atoms with Crippen molar-refractivity contribution in [1.82, 2.24) is 4.98 Å². The molecule has 23 heavy (non-hydrogen) atoms. The van der Waals surface area contributed by atoms with E-state index in [1.165, 1.54) is 43.4 Å². The predicted molar refractivity (Wildman–Crippen MR) is 97.4 cm³/mol. The first-order valence-corrected chi connectivity index (χ1v) is 7.76. The number of rotatable bonds is 1. The minimum Gasteiger partial charge on any atom is -0.497 e. The number of aromatic nitrogens is 1. The van der Waals surface area contributed by atoms with E-state index >= 15 is 0 Å². The molecule has 1 N–H and O–H groups in total. The van der Waals surface area contributed by atoms with Gasteiger partial charge in [0.05, 0.1) is 12.6 Å². The molecule has 5 rings (SSSR count). The number of H-pyrrole nitrogens is 1. The first kappa shape index (κ1) is 12.5. The van der Waals surface area contributed by atoms with Gasteiger partial charge < -0.3 is 9.72 Å². The smallest absolute Gasteiger partial charge is 0.119 e. The molecule has 0 atom stereocenters. The molecule has 0 fully saturated rings. The number of benzene rings is 4. The average molecular weight is 297 g/mol. The number of hydrogen-bond acceptors (Lipinski definition) is 1. The third-order valence-electron chi connectivity index (χ3n) is 4.69. The lowest BCUT2D eigenvalue weighted by molar-refractivity contribution is 0.415. The van der Waals surface area contributed by atoms with E-state index in [2.05, 4.69) is 65.6 Å². The van der Waals surface area contributed by atoms with Crippen molar-refractivity contribution >= 4 is 43.4 Å². The monoisotopic (exact) mass is 297 g/mol. The zero-order valence-corrected chi connectivity index (χ0v) is 12.8. The van der Waals surface area contributed by atoms with Gasteiger partial charge in [-0.3, -0.25) is 0 Å². The summed E-state index contributed by atoms with van der Waals surface area (Å²) in [5.74, 6) is 0.882. The Morgan fingerprint density at radius 3 is 2.22 bits per heavy atom. The quantitative estimate of drug-likeness (QED) is 0.398. The molecule has 4 aromatic carbocycles. The summed E-state index contributed by atoms with van der Waals surface area (Å²) in [6.07, 6.45) is 0. The number of nitrogens with one attached hydrogen (secondary N) is 1. The third kappa shape index (κ3) is 1.63. The van der Waals surface area contributed by atoms with Crippen LogP contribution in [0.25, 0.3) is 43.4 Å². The molecular formula is C21H15NO. The van der Waals surface area contributed by atoms with Gasteiger partial charge in [0.25, 0.3) is 0 Å². The van der Waals surface area contributed by atoms with Gasteiger partial charge in [0.15, 0.2) is 0 Å².